The SMILES string of the molecule is c1ccc(-n2c3cc4c(cc3c3c5ccccc5ccc32)-c2ccccc2C42c3ccccc3C3(c4ccccc4-c4ccccc43)c3ccccc32)cc1. The minimum atomic E-state index is -0.537. The molecule has 0 radical (unpaired) electrons. The zero-order chi connectivity index (χ0) is 35.9. The quantitative estimate of drug-likeness (QED) is 0.161. The number of benzene rings is 9. The zero-order valence-corrected chi connectivity index (χ0v) is 30.0. The largest absolute Gasteiger partial charge is 0.309 e. The molecule has 1 heterocycles. The Hall–Kier alpha value is -6.96. The van der Waals surface area contributed by atoms with Crippen LogP contribution in [0, 0.1) is 0 Å². The lowest BCUT2D eigenvalue weighted by Crippen LogP contribution is -2.43. The summed E-state index contributed by atoms with van der Waals surface area (Å²) in [5.41, 5.74) is 18.8. The summed E-state index contributed by atoms with van der Waals surface area (Å²) in [7, 11) is 0. The maximum Gasteiger partial charge on any atom is 0.0720 e. The van der Waals surface area contributed by atoms with Gasteiger partial charge in [0.1, 0.15) is 0 Å². The lowest BCUT2D eigenvalue weighted by Gasteiger charge is -2.48. The van der Waals surface area contributed by atoms with E-state index in [1.807, 2.05) is 0 Å². The van der Waals surface area contributed by atoms with Crippen LogP contribution in [-0.2, 0) is 10.8 Å². The summed E-state index contributed by atoms with van der Waals surface area (Å²) in [6.07, 6.45) is 0. The van der Waals surface area contributed by atoms with Crippen LogP contribution in [0.15, 0.2) is 200 Å². The van der Waals surface area contributed by atoms with Crippen LogP contribution in [0.2, 0.25) is 0 Å². The molecule has 0 atom stereocenters. The molecule has 13 rings (SSSR count). The Balaban J connectivity index is 1.23. The van der Waals surface area contributed by atoms with Crippen molar-refractivity contribution in [3.8, 4) is 27.9 Å². The molecule has 3 aliphatic carbocycles. The van der Waals surface area contributed by atoms with Crippen molar-refractivity contribution in [3.05, 3.63) is 245 Å². The maximum atomic E-state index is 2.56. The van der Waals surface area contributed by atoms with Gasteiger partial charge >= 0.3 is 0 Å². The monoisotopic (exact) mass is 695 g/mol. The number of rotatable bonds is 1. The second-order valence-corrected chi connectivity index (χ2v) is 15.5. The molecule has 0 unspecified atom stereocenters. The van der Waals surface area contributed by atoms with E-state index < -0.39 is 10.8 Å². The Bertz CT molecular complexity index is 3170. The first-order chi connectivity index (χ1) is 27.3. The van der Waals surface area contributed by atoms with Gasteiger partial charge < -0.3 is 4.57 Å². The molecular formula is C54H33N. The van der Waals surface area contributed by atoms with Gasteiger partial charge in [0, 0.05) is 16.5 Å². The van der Waals surface area contributed by atoms with Crippen molar-refractivity contribution in [1.82, 2.24) is 4.57 Å². The van der Waals surface area contributed by atoms with Gasteiger partial charge in [-0.25, -0.2) is 0 Å². The predicted molar refractivity (Wildman–Crippen MR) is 226 cm³/mol. The molecule has 0 amide bonds. The fraction of sp³-hybridized carbons (Fsp3) is 0.0370. The fourth-order valence-corrected chi connectivity index (χ4v) is 11.4. The first kappa shape index (κ1) is 29.5. The van der Waals surface area contributed by atoms with Gasteiger partial charge in [0.25, 0.3) is 0 Å². The van der Waals surface area contributed by atoms with E-state index >= 15 is 0 Å². The topological polar surface area (TPSA) is 4.93 Å². The Morgan fingerprint density at radius 3 is 1.33 bits per heavy atom. The average Bonchev–Trinajstić information content (AvgIpc) is 3.85. The van der Waals surface area contributed by atoms with Gasteiger partial charge in [-0.2, -0.15) is 0 Å². The molecule has 1 nitrogen and oxygen atoms in total. The van der Waals surface area contributed by atoms with Crippen molar-refractivity contribution in [2.75, 3.05) is 0 Å². The average molecular weight is 696 g/mol. The summed E-state index contributed by atoms with van der Waals surface area (Å²) >= 11 is 0. The molecule has 10 aromatic rings. The number of hydrogen-bond acceptors (Lipinski definition) is 0. The van der Waals surface area contributed by atoms with Crippen molar-refractivity contribution < 1.29 is 0 Å². The molecule has 0 bridgehead atoms. The molecule has 1 heteroatoms. The van der Waals surface area contributed by atoms with E-state index in [4.69, 9.17) is 0 Å². The van der Waals surface area contributed by atoms with Crippen LogP contribution in [0.1, 0.15) is 44.5 Å². The van der Waals surface area contributed by atoms with Gasteiger partial charge in [0.2, 0.25) is 0 Å². The second kappa shape index (κ2) is 10.4. The van der Waals surface area contributed by atoms with Crippen LogP contribution in [0.25, 0.3) is 60.5 Å². The van der Waals surface area contributed by atoms with E-state index in [1.54, 1.807) is 0 Å². The van der Waals surface area contributed by atoms with Gasteiger partial charge in [-0.05, 0) is 108 Å². The van der Waals surface area contributed by atoms with Crippen molar-refractivity contribution >= 4 is 32.6 Å². The van der Waals surface area contributed by atoms with Crippen LogP contribution in [-0.4, -0.2) is 4.57 Å². The van der Waals surface area contributed by atoms with E-state index in [-0.39, 0.29) is 0 Å². The summed E-state index contributed by atoms with van der Waals surface area (Å²) in [6.45, 7) is 0. The summed E-state index contributed by atoms with van der Waals surface area (Å²) in [6, 6.07) is 75.7. The molecule has 254 valence electrons. The molecule has 1 aromatic heterocycles. The number of nitrogens with zero attached hydrogens (tertiary/aromatic N) is 1. The van der Waals surface area contributed by atoms with Gasteiger partial charge in [0.15, 0.2) is 0 Å². The molecule has 2 spiro atoms. The van der Waals surface area contributed by atoms with Crippen molar-refractivity contribution in [1.29, 1.82) is 0 Å². The third kappa shape index (κ3) is 3.38. The zero-order valence-electron chi connectivity index (χ0n) is 30.0. The third-order valence-electron chi connectivity index (χ3n) is 13.3. The van der Waals surface area contributed by atoms with Crippen LogP contribution in [0.4, 0.5) is 0 Å². The highest BCUT2D eigenvalue weighted by molar-refractivity contribution is 6.22. The van der Waals surface area contributed by atoms with Gasteiger partial charge in [-0.15, -0.1) is 0 Å². The highest BCUT2D eigenvalue weighted by Crippen LogP contribution is 2.67. The number of aromatic nitrogens is 1. The summed E-state index contributed by atoms with van der Waals surface area (Å²) in [5.74, 6) is 0. The maximum absolute atomic E-state index is 2.56. The summed E-state index contributed by atoms with van der Waals surface area (Å²) in [4.78, 5) is 0. The second-order valence-electron chi connectivity index (χ2n) is 15.5. The van der Waals surface area contributed by atoms with Crippen LogP contribution >= 0.6 is 0 Å². The van der Waals surface area contributed by atoms with E-state index in [1.165, 1.54) is 105 Å². The number of para-hydroxylation sites is 1. The van der Waals surface area contributed by atoms with Crippen LogP contribution in [0.5, 0.6) is 0 Å². The molecule has 3 aliphatic rings. The Labute approximate surface area is 319 Å². The Kier molecular flexibility index (Phi) is 5.56. The first-order valence-corrected chi connectivity index (χ1v) is 19.4. The molecule has 9 aromatic carbocycles. The lowest BCUT2D eigenvalue weighted by molar-refractivity contribution is 0.633. The third-order valence-corrected chi connectivity index (χ3v) is 13.3. The molecule has 0 saturated carbocycles. The molecule has 55 heavy (non-hydrogen) atoms. The van der Waals surface area contributed by atoms with Gasteiger partial charge in [0.05, 0.1) is 21.9 Å². The Morgan fingerprint density at radius 1 is 0.291 bits per heavy atom. The van der Waals surface area contributed by atoms with Crippen LogP contribution in [0.3, 0.4) is 0 Å². The minimum absolute atomic E-state index is 0.453. The highest BCUT2D eigenvalue weighted by Gasteiger charge is 2.58. The molecule has 0 saturated heterocycles. The van der Waals surface area contributed by atoms with Crippen LogP contribution < -0.4 is 0 Å². The van der Waals surface area contributed by atoms with Crippen molar-refractivity contribution in [3.63, 3.8) is 0 Å². The minimum Gasteiger partial charge on any atom is -0.309 e. The number of hydrogen-bond donors (Lipinski definition) is 0. The van der Waals surface area contributed by atoms with E-state index in [0.717, 1.165) is 0 Å². The summed E-state index contributed by atoms with van der Waals surface area (Å²) < 4.78 is 2.50. The molecule has 0 aliphatic heterocycles. The predicted octanol–water partition coefficient (Wildman–Crippen LogP) is 13.0. The fourth-order valence-electron chi connectivity index (χ4n) is 11.4. The first-order valence-electron chi connectivity index (χ1n) is 19.4. The smallest absolute Gasteiger partial charge is 0.0720 e. The molecule has 0 fully saturated rings. The van der Waals surface area contributed by atoms with Crippen molar-refractivity contribution in [2.45, 2.75) is 10.8 Å². The van der Waals surface area contributed by atoms with E-state index in [2.05, 4.69) is 205 Å². The van der Waals surface area contributed by atoms with Gasteiger partial charge in [-0.1, -0.05) is 170 Å². The standard InChI is InChI=1S/C54H33N/c1-2-17-35(18-3-1)55-50-31-30-34-16-4-5-19-36(34)52(50)41-32-40-39-22-8-11-25-44(39)54(49(40)33-51(41)55)47-28-14-12-26-45(47)53(46-27-13-15-29-48(46)54)42-23-9-6-20-37(42)38-21-7-10-24-43(38)53/h1-33H. The lowest BCUT2D eigenvalue weighted by atomic mass is 9.52. The van der Waals surface area contributed by atoms with E-state index in [9.17, 15) is 0 Å². The van der Waals surface area contributed by atoms with E-state index in [0.29, 0.717) is 0 Å². The Morgan fingerprint density at radius 2 is 0.745 bits per heavy atom. The normalized spacial score (nSPS) is 14.8. The summed E-state index contributed by atoms with van der Waals surface area (Å²) in [5, 5.41) is 5.14. The van der Waals surface area contributed by atoms with Crippen molar-refractivity contribution in [2.24, 2.45) is 0 Å². The highest BCUT2D eigenvalue weighted by atomic mass is 15.0. The molecule has 0 N–H and O–H groups in total. The molecular weight excluding hydrogens is 663 g/mol. The number of fused-ring (bicyclic) bond motifs is 21. The van der Waals surface area contributed by atoms with Gasteiger partial charge in [-0.3, -0.25) is 0 Å².